The number of hydrogen-bond donors (Lipinski definition) is 0. The fraction of sp³-hybridized carbons (Fsp3) is 0.308. The summed E-state index contributed by atoms with van der Waals surface area (Å²) in [7, 11) is 0. The minimum Gasteiger partial charge on any atom is -0.262 e. The Bertz CT molecular complexity index is 768. The Morgan fingerprint density at radius 3 is 3.00 bits per heavy atom. The summed E-state index contributed by atoms with van der Waals surface area (Å²) in [5.74, 6) is 1.69. The molecule has 0 spiro atoms. The van der Waals surface area contributed by atoms with E-state index in [1.54, 1.807) is 6.07 Å². The molecular formula is C13H11ClN4S. The number of hydrogen-bond acceptors (Lipinski definition) is 4. The van der Waals surface area contributed by atoms with E-state index < -0.39 is 0 Å². The van der Waals surface area contributed by atoms with Crippen molar-refractivity contribution in [3.63, 3.8) is 0 Å². The number of fused-ring (bicyclic) bond motifs is 2. The standard InChI is InChI=1S/C13H11ClN4S/c1-7-15-11(14)6-12-16-17-13(18(7)12)10-5-8-3-2-4-9(8)19-10/h5-6H,2-4H2,1H3. The highest BCUT2D eigenvalue weighted by atomic mass is 35.5. The molecule has 1 aliphatic carbocycles. The van der Waals surface area contributed by atoms with Gasteiger partial charge in [-0.05, 0) is 37.8 Å². The van der Waals surface area contributed by atoms with Gasteiger partial charge < -0.3 is 0 Å². The van der Waals surface area contributed by atoms with E-state index in [2.05, 4.69) is 21.2 Å². The largest absolute Gasteiger partial charge is 0.262 e. The minimum atomic E-state index is 0.456. The lowest BCUT2D eigenvalue weighted by Gasteiger charge is -2.01. The maximum atomic E-state index is 5.95. The van der Waals surface area contributed by atoms with Crippen LogP contribution in [0.2, 0.25) is 5.15 Å². The molecule has 4 nitrogen and oxygen atoms in total. The monoisotopic (exact) mass is 290 g/mol. The van der Waals surface area contributed by atoms with Crippen LogP contribution in [-0.4, -0.2) is 19.6 Å². The second-order valence-electron chi connectivity index (χ2n) is 4.76. The number of aryl methyl sites for hydroxylation is 3. The Labute approximate surface area is 119 Å². The van der Waals surface area contributed by atoms with Gasteiger partial charge in [-0.15, -0.1) is 21.5 Å². The molecule has 0 bridgehead atoms. The van der Waals surface area contributed by atoms with Gasteiger partial charge in [0.15, 0.2) is 11.5 Å². The molecule has 6 heteroatoms. The van der Waals surface area contributed by atoms with Gasteiger partial charge in [-0.3, -0.25) is 4.40 Å². The molecule has 0 saturated heterocycles. The highest BCUT2D eigenvalue weighted by Gasteiger charge is 2.19. The van der Waals surface area contributed by atoms with Crippen molar-refractivity contribution in [1.82, 2.24) is 19.6 Å². The number of halogens is 1. The second kappa shape index (κ2) is 4.02. The van der Waals surface area contributed by atoms with Crippen molar-refractivity contribution in [3.05, 3.63) is 33.6 Å². The SMILES string of the molecule is Cc1nc(Cl)cc2nnc(-c3cc4c(s3)CCC4)n12. The predicted octanol–water partition coefficient (Wildman–Crippen LogP) is 3.30. The van der Waals surface area contributed by atoms with E-state index in [0.717, 1.165) is 17.3 Å². The molecule has 0 aromatic carbocycles. The Balaban J connectivity index is 1.95. The molecule has 3 aromatic heterocycles. The van der Waals surface area contributed by atoms with Crippen LogP contribution in [0.5, 0.6) is 0 Å². The first-order valence-electron chi connectivity index (χ1n) is 6.22. The zero-order valence-corrected chi connectivity index (χ0v) is 11.9. The lowest BCUT2D eigenvalue weighted by atomic mass is 10.2. The summed E-state index contributed by atoms with van der Waals surface area (Å²) in [4.78, 5) is 6.94. The lowest BCUT2D eigenvalue weighted by molar-refractivity contribution is 0.914. The molecule has 19 heavy (non-hydrogen) atoms. The molecule has 0 amide bonds. The maximum absolute atomic E-state index is 5.95. The topological polar surface area (TPSA) is 43.1 Å². The first-order chi connectivity index (χ1) is 9.22. The summed E-state index contributed by atoms with van der Waals surface area (Å²) in [6, 6.07) is 3.99. The van der Waals surface area contributed by atoms with Gasteiger partial charge in [-0.2, -0.15) is 0 Å². The van der Waals surface area contributed by atoms with Crippen molar-refractivity contribution in [3.8, 4) is 10.7 Å². The van der Waals surface area contributed by atoms with Crippen LogP contribution >= 0.6 is 22.9 Å². The molecule has 0 fully saturated rings. The van der Waals surface area contributed by atoms with Gasteiger partial charge >= 0.3 is 0 Å². The predicted molar refractivity (Wildman–Crippen MR) is 75.9 cm³/mol. The maximum Gasteiger partial charge on any atom is 0.179 e. The summed E-state index contributed by atoms with van der Waals surface area (Å²) in [5, 5.41) is 8.96. The Kier molecular flexibility index (Phi) is 2.40. The summed E-state index contributed by atoms with van der Waals surface area (Å²) in [6.45, 7) is 1.92. The third-order valence-electron chi connectivity index (χ3n) is 3.50. The molecule has 0 N–H and O–H groups in total. The Morgan fingerprint density at radius 1 is 1.26 bits per heavy atom. The number of thiophene rings is 1. The normalized spacial score (nSPS) is 14.2. The third kappa shape index (κ3) is 1.69. The Morgan fingerprint density at radius 2 is 2.16 bits per heavy atom. The summed E-state index contributed by atoms with van der Waals surface area (Å²) in [6.07, 6.45) is 3.66. The number of aromatic nitrogens is 4. The van der Waals surface area contributed by atoms with Crippen molar-refractivity contribution in [1.29, 1.82) is 0 Å². The quantitative estimate of drug-likeness (QED) is 0.646. The van der Waals surface area contributed by atoms with Gasteiger partial charge in [0.25, 0.3) is 0 Å². The molecule has 4 rings (SSSR count). The zero-order valence-electron chi connectivity index (χ0n) is 10.4. The van der Waals surface area contributed by atoms with Gasteiger partial charge in [-0.1, -0.05) is 11.6 Å². The molecule has 0 radical (unpaired) electrons. The molecule has 3 aromatic rings. The van der Waals surface area contributed by atoms with Gasteiger partial charge in [0.2, 0.25) is 0 Å². The minimum absolute atomic E-state index is 0.456. The van der Waals surface area contributed by atoms with Crippen molar-refractivity contribution < 1.29 is 0 Å². The van der Waals surface area contributed by atoms with E-state index in [1.807, 2.05) is 22.7 Å². The molecule has 0 atom stereocenters. The van der Waals surface area contributed by atoms with Crippen molar-refractivity contribution >= 4 is 28.6 Å². The van der Waals surface area contributed by atoms with Crippen LogP contribution < -0.4 is 0 Å². The van der Waals surface area contributed by atoms with E-state index in [9.17, 15) is 0 Å². The molecular weight excluding hydrogens is 280 g/mol. The van der Waals surface area contributed by atoms with Crippen LogP contribution in [0.4, 0.5) is 0 Å². The molecule has 0 saturated carbocycles. The first kappa shape index (κ1) is 11.4. The van der Waals surface area contributed by atoms with Crippen molar-refractivity contribution in [2.24, 2.45) is 0 Å². The number of rotatable bonds is 1. The van der Waals surface area contributed by atoms with E-state index in [4.69, 9.17) is 11.6 Å². The fourth-order valence-corrected chi connectivity index (χ4v) is 4.10. The van der Waals surface area contributed by atoms with Crippen LogP contribution in [-0.2, 0) is 12.8 Å². The van der Waals surface area contributed by atoms with E-state index in [-0.39, 0.29) is 0 Å². The fourth-order valence-electron chi connectivity index (χ4n) is 2.65. The van der Waals surface area contributed by atoms with Gasteiger partial charge in [0.05, 0.1) is 4.88 Å². The van der Waals surface area contributed by atoms with E-state index in [1.165, 1.54) is 34.6 Å². The van der Waals surface area contributed by atoms with Crippen LogP contribution in [0.1, 0.15) is 22.7 Å². The summed E-state index contributed by atoms with van der Waals surface area (Å²) in [5.41, 5.74) is 2.22. The van der Waals surface area contributed by atoms with Gasteiger partial charge in [0, 0.05) is 10.9 Å². The number of nitrogens with zero attached hydrogens (tertiary/aromatic N) is 4. The second-order valence-corrected chi connectivity index (χ2v) is 6.28. The highest BCUT2D eigenvalue weighted by Crippen LogP contribution is 2.36. The Hall–Kier alpha value is -1.46. The summed E-state index contributed by atoms with van der Waals surface area (Å²) < 4.78 is 1.97. The summed E-state index contributed by atoms with van der Waals surface area (Å²) >= 11 is 7.77. The average Bonchev–Trinajstić information content (AvgIpc) is 2.98. The van der Waals surface area contributed by atoms with Gasteiger partial charge in [0.1, 0.15) is 11.0 Å². The molecule has 0 aliphatic heterocycles. The molecule has 3 heterocycles. The highest BCUT2D eigenvalue weighted by molar-refractivity contribution is 7.15. The lowest BCUT2D eigenvalue weighted by Crippen LogP contribution is -1.97. The van der Waals surface area contributed by atoms with E-state index >= 15 is 0 Å². The third-order valence-corrected chi connectivity index (χ3v) is 4.92. The van der Waals surface area contributed by atoms with Crippen LogP contribution in [0.3, 0.4) is 0 Å². The smallest absolute Gasteiger partial charge is 0.179 e. The van der Waals surface area contributed by atoms with Gasteiger partial charge in [-0.25, -0.2) is 4.98 Å². The molecule has 96 valence electrons. The molecule has 1 aliphatic rings. The average molecular weight is 291 g/mol. The van der Waals surface area contributed by atoms with Crippen molar-refractivity contribution in [2.45, 2.75) is 26.2 Å². The van der Waals surface area contributed by atoms with Crippen LogP contribution in [0.15, 0.2) is 12.1 Å². The van der Waals surface area contributed by atoms with Crippen molar-refractivity contribution in [2.75, 3.05) is 0 Å². The first-order valence-corrected chi connectivity index (χ1v) is 7.42. The van der Waals surface area contributed by atoms with Crippen LogP contribution in [0.25, 0.3) is 16.3 Å². The zero-order chi connectivity index (χ0) is 13.0. The molecule has 0 unspecified atom stereocenters. The van der Waals surface area contributed by atoms with Crippen LogP contribution in [0, 0.1) is 6.92 Å². The van der Waals surface area contributed by atoms with E-state index in [0.29, 0.717) is 5.15 Å².